The molecule has 1 aromatic heterocycles. The molecule has 0 saturated carbocycles. The average molecular weight is 312 g/mol. The van der Waals surface area contributed by atoms with E-state index in [9.17, 15) is 9.90 Å². The van der Waals surface area contributed by atoms with E-state index in [1.807, 2.05) is 6.07 Å². The standard InChI is InChI=1S/C13H11Cl2N3O2/c1-13(12(19)20,8-5-3-2-4-6-8)16-9-7-10(14)17-18-11(9)15/h2-7H,1H3,(H,16,17)(H,19,20). The highest BCUT2D eigenvalue weighted by molar-refractivity contribution is 6.33. The number of benzene rings is 1. The quantitative estimate of drug-likeness (QED) is 0.907. The Morgan fingerprint density at radius 1 is 1.25 bits per heavy atom. The van der Waals surface area contributed by atoms with Crippen molar-refractivity contribution in [3.8, 4) is 0 Å². The molecule has 7 heteroatoms. The van der Waals surface area contributed by atoms with Crippen LogP contribution >= 0.6 is 23.2 Å². The average Bonchev–Trinajstić information content (AvgIpc) is 2.43. The maximum absolute atomic E-state index is 11.6. The second-order valence-corrected chi connectivity index (χ2v) is 5.04. The van der Waals surface area contributed by atoms with E-state index in [4.69, 9.17) is 23.2 Å². The van der Waals surface area contributed by atoms with Crippen LogP contribution in [0.2, 0.25) is 10.3 Å². The Morgan fingerprint density at radius 3 is 2.50 bits per heavy atom. The zero-order valence-electron chi connectivity index (χ0n) is 10.5. The van der Waals surface area contributed by atoms with Crippen LogP contribution in [-0.4, -0.2) is 21.3 Å². The minimum Gasteiger partial charge on any atom is -0.479 e. The molecule has 1 aromatic carbocycles. The van der Waals surface area contributed by atoms with Crippen molar-refractivity contribution in [1.82, 2.24) is 10.2 Å². The van der Waals surface area contributed by atoms with Gasteiger partial charge in [-0.25, -0.2) is 4.79 Å². The molecule has 0 fully saturated rings. The molecular weight excluding hydrogens is 301 g/mol. The van der Waals surface area contributed by atoms with E-state index in [1.54, 1.807) is 24.3 Å². The van der Waals surface area contributed by atoms with Gasteiger partial charge in [-0.1, -0.05) is 53.5 Å². The number of carboxylic acids is 1. The fraction of sp³-hybridized carbons (Fsp3) is 0.154. The van der Waals surface area contributed by atoms with Gasteiger partial charge in [0.05, 0.1) is 5.69 Å². The molecule has 1 unspecified atom stereocenters. The number of carboxylic acid groups (broad SMARTS) is 1. The first-order valence-electron chi connectivity index (χ1n) is 5.69. The molecule has 20 heavy (non-hydrogen) atoms. The highest BCUT2D eigenvalue weighted by Gasteiger charge is 2.35. The molecule has 0 aliphatic carbocycles. The van der Waals surface area contributed by atoms with Gasteiger partial charge >= 0.3 is 5.97 Å². The summed E-state index contributed by atoms with van der Waals surface area (Å²) in [4.78, 5) is 11.6. The molecule has 0 bridgehead atoms. The third-order valence-electron chi connectivity index (χ3n) is 2.88. The Bertz CT molecular complexity index is 637. The van der Waals surface area contributed by atoms with Gasteiger partial charge in [0, 0.05) is 6.07 Å². The molecule has 5 nitrogen and oxygen atoms in total. The topological polar surface area (TPSA) is 75.1 Å². The minimum atomic E-state index is -1.36. The lowest BCUT2D eigenvalue weighted by Crippen LogP contribution is -2.40. The number of aliphatic carboxylic acids is 1. The third kappa shape index (κ3) is 2.84. The van der Waals surface area contributed by atoms with Gasteiger partial charge in [-0.15, -0.1) is 10.2 Å². The van der Waals surface area contributed by atoms with Crippen LogP contribution in [0, 0.1) is 0 Å². The van der Waals surface area contributed by atoms with Crippen molar-refractivity contribution in [3.63, 3.8) is 0 Å². The summed E-state index contributed by atoms with van der Waals surface area (Å²) < 4.78 is 0. The molecule has 0 radical (unpaired) electrons. The van der Waals surface area contributed by atoms with Gasteiger partial charge in [-0.2, -0.15) is 0 Å². The number of hydrogen-bond donors (Lipinski definition) is 2. The van der Waals surface area contributed by atoms with Gasteiger partial charge < -0.3 is 10.4 Å². The van der Waals surface area contributed by atoms with E-state index in [0.717, 1.165) is 0 Å². The number of rotatable bonds is 4. The molecule has 104 valence electrons. The summed E-state index contributed by atoms with van der Waals surface area (Å²) in [7, 11) is 0. The summed E-state index contributed by atoms with van der Waals surface area (Å²) in [6.07, 6.45) is 0. The van der Waals surface area contributed by atoms with E-state index >= 15 is 0 Å². The number of hydrogen-bond acceptors (Lipinski definition) is 4. The Balaban J connectivity index is 2.45. The molecule has 1 heterocycles. The van der Waals surface area contributed by atoms with E-state index in [2.05, 4.69) is 15.5 Å². The van der Waals surface area contributed by atoms with Crippen LogP contribution in [0.3, 0.4) is 0 Å². The lowest BCUT2D eigenvalue weighted by Gasteiger charge is -2.28. The summed E-state index contributed by atoms with van der Waals surface area (Å²) in [5.41, 5.74) is -0.478. The van der Waals surface area contributed by atoms with E-state index in [0.29, 0.717) is 11.3 Å². The lowest BCUT2D eigenvalue weighted by molar-refractivity contribution is -0.142. The zero-order chi connectivity index (χ0) is 14.8. The lowest BCUT2D eigenvalue weighted by atomic mass is 9.92. The predicted octanol–water partition coefficient (Wildman–Crippen LogP) is 3.20. The van der Waals surface area contributed by atoms with Gasteiger partial charge in [0.1, 0.15) is 0 Å². The first kappa shape index (κ1) is 14.6. The van der Waals surface area contributed by atoms with Gasteiger partial charge in [-0.3, -0.25) is 0 Å². The van der Waals surface area contributed by atoms with Crippen molar-refractivity contribution in [3.05, 3.63) is 52.3 Å². The second kappa shape index (κ2) is 5.64. The molecule has 0 aliphatic rings. The molecule has 0 aliphatic heterocycles. The van der Waals surface area contributed by atoms with Crippen LogP contribution in [0.25, 0.3) is 0 Å². The molecule has 2 N–H and O–H groups in total. The molecule has 0 amide bonds. The summed E-state index contributed by atoms with van der Waals surface area (Å²) >= 11 is 11.7. The van der Waals surface area contributed by atoms with Crippen LogP contribution < -0.4 is 5.32 Å². The predicted molar refractivity (Wildman–Crippen MR) is 77.1 cm³/mol. The first-order chi connectivity index (χ1) is 9.43. The molecular formula is C13H11Cl2N3O2. The molecule has 2 aromatic rings. The minimum absolute atomic E-state index is 0.0535. The second-order valence-electron chi connectivity index (χ2n) is 4.29. The number of nitrogens with one attached hydrogen (secondary N) is 1. The largest absolute Gasteiger partial charge is 0.479 e. The molecule has 0 spiro atoms. The number of carbonyl (C=O) groups is 1. The summed E-state index contributed by atoms with van der Waals surface area (Å²) in [5.74, 6) is -1.05. The van der Waals surface area contributed by atoms with E-state index < -0.39 is 11.5 Å². The van der Waals surface area contributed by atoms with Gasteiger partial charge in [0.15, 0.2) is 15.8 Å². The third-order valence-corrected chi connectivity index (χ3v) is 3.35. The van der Waals surface area contributed by atoms with Crippen molar-refractivity contribution in [2.45, 2.75) is 12.5 Å². The normalized spacial score (nSPS) is 13.6. The fourth-order valence-electron chi connectivity index (χ4n) is 1.73. The van der Waals surface area contributed by atoms with Crippen LogP contribution in [-0.2, 0) is 10.3 Å². The van der Waals surface area contributed by atoms with Crippen molar-refractivity contribution in [1.29, 1.82) is 0 Å². The highest BCUT2D eigenvalue weighted by Crippen LogP contribution is 2.30. The van der Waals surface area contributed by atoms with Gasteiger partial charge in [0.2, 0.25) is 0 Å². The maximum atomic E-state index is 11.6. The number of anilines is 1. The van der Waals surface area contributed by atoms with Crippen LogP contribution in [0.1, 0.15) is 12.5 Å². The molecule has 1 atom stereocenters. The fourth-order valence-corrected chi connectivity index (χ4v) is 2.02. The van der Waals surface area contributed by atoms with Gasteiger partial charge in [-0.05, 0) is 12.5 Å². The Kier molecular flexibility index (Phi) is 4.11. The first-order valence-corrected chi connectivity index (χ1v) is 6.45. The van der Waals surface area contributed by atoms with Gasteiger partial charge in [0.25, 0.3) is 0 Å². The Hall–Kier alpha value is -1.85. The van der Waals surface area contributed by atoms with Crippen LogP contribution in [0.15, 0.2) is 36.4 Å². The van der Waals surface area contributed by atoms with E-state index in [1.165, 1.54) is 13.0 Å². The van der Waals surface area contributed by atoms with Crippen LogP contribution in [0.5, 0.6) is 0 Å². The summed E-state index contributed by atoms with van der Waals surface area (Å²) in [6.45, 7) is 1.54. The zero-order valence-corrected chi connectivity index (χ0v) is 12.0. The van der Waals surface area contributed by atoms with Crippen molar-refractivity contribution in [2.24, 2.45) is 0 Å². The highest BCUT2D eigenvalue weighted by atomic mass is 35.5. The smallest absolute Gasteiger partial charge is 0.333 e. The number of halogens is 2. The Morgan fingerprint density at radius 2 is 1.90 bits per heavy atom. The number of aromatic nitrogens is 2. The summed E-state index contributed by atoms with van der Waals surface area (Å²) in [5, 5.41) is 19.8. The monoisotopic (exact) mass is 311 g/mol. The maximum Gasteiger partial charge on any atom is 0.333 e. The SMILES string of the molecule is CC(Nc1cc(Cl)nnc1Cl)(C(=O)O)c1ccccc1. The molecule has 2 rings (SSSR count). The van der Waals surface area contributed by atoms with Crippen molar-refractivity contribution < 1.29 is 9.90 Å². The number of nitrogens with zero attached hydrogens (tertiary/aromatic N) is 2. The van der Waals surface area contributed by atoms with Crippen molar-refractivity contribution >= 4 is 34.9 Å². The van der Waals surface area contributed by atoms with Crippen LogP contribution in [0.4, 0.5) is 5.69 Å². The van der Waals surface area contributed by atoms with Crippen molar-refractivity contribution in [2.75, 3.05) is 5.32 Å². The van der Waals surface area contributed by atoms with E-state index in [-0.39, 0.29) is 10.3 Å². The summed E-state index contributed by atoms with van der Waals surface area (Å²) in [6, 6.07) is 10.2. The Labute approximate surface area is 125 Å². The molecule has 0 saturated heterocycles.